The Morgan fingerprint density at radius 1 is 1.00 bits per heavy atom. The number of ketones is 1. The average molecular weight is 626 g/mol. The van der Waals surface area contributed by atoms with Crippen LogP contribution in [0.5, 0.6) is 17.2 Å². The fourth-order valence-electron chi connectivity index (χ4n) is 6.34. The molecule has 1 aliphatic heterocycles. The number of benzene rings is 2. The van der Waals surface area contributed by atoms with Gasteiger partial charge in [-0.3, -0.25) is 4.79 Å². The molecule has 7 heteroatoms. The molecule has 1 atom stereocenters. The van der Waals surface area contributed by atoms with Gasteiger partial charge in [0.2, 0.25) is 0 Å². The van der Waals surface area contributed by atoms with E-state index >= 15 is 4.39 Å². The first-order chi connectivity index (χ1) is 21.3. The van der Waals surface area contributed by atoms with Crippen LogP contribution in [0, 0.1) is 5.82 Å². The standard InChI is InChI=1S/C38H56FNO5/c1-12-17-30-33-28(23-32(44-15-4)36(34(33)39)45-16-5)38(9,10)40(30)24-31(41)26-21-27(25(14-3)18-20-43-19-13-2)35(42-11)29(22-26)37(6,7)8/h17,21-23,25H,12-16,18-20,24H2,1-11H3. The molecule has 6 nitrogen and oxygen atoms in total. The molecule has 45 heavy (non-hydrogen) atoms. The van der Waals surface area contributed by atoms with Crippen molar-refractivity contribution in [2.75, 3.05) is 40.1 Å². The Kier molecular flexibility index (Phi) is 12.5. The van der Waals surface area contributed by atoms with E-state index in [0.717, 1.165) is 48.3 Å². The summed E-state index contributed by atoms with van der Waals surface area (Å²) < 4.78 is 39.8. The lowest BCUT2D eigenvalue weighted by Gasteiger charge is -2.35. The Morgan fingerprint density at radius 3 is 2.24 bits per heavy atom. The Morgan fingerprint density at radius 2 is 1.69 bits per heavy atom. The molecule has 0 radical (unpaired) electrons. The van der Waals surface area contributed by atoms with E-state index in [9.17, 15) is 4.79 Å². The number of nitrogens with zero attached hydrogens (tertiary/aromatic N) is 1. The second-order valence-corrected chi connectivity index (χ2v) is 13.3. The van der Waals surface area contributed by atoms with Gasteiger partial charge in [-0.05, 0) is 94.0 Å². The number of halogens is 1. The summed E-state index contributed by atoms with van der Waals surface area (Å²) in [7, 11) is 1.71. The van der Waals surface area contributed by atoms with Crippen LogP contribution in [0.4, 0.5) is 4.39 Å². The summed E-state index contributed by atoms with van der Waals surface area (Å²) in [6.45, 7) is 22.7. The van der Waals surface area contributed by atoms with E-state index in [4.69, 9.17) is 18.9 Å². The van der Waals surface area contributed by atoms with Gasteiger partial charge in [-0.15, -0.1) is 0 Å². The van der Waals surface area contributed by atoms with E-state index in [2.05, 4.69) is 34.6 Å². The van der Waals surface area contributed by atoms with Crippen molar-refractivity contribution in [1.82, 2.24) is 4.90 Å². The first kappa shape index (κ1) is 36.4. The number of rotatable bonds is 16. The van der Waals surface area contributed by atoms with Crippen LogP contribution in [0.15, 0.2) is 24.3 Å². The molecule has 0 fully saturated rings. The lowest BCUT2D eigenvalue weighted by atomic mass is 9.80. The van der Waals surface area contributed by atoms with Gasteiger partial charge in [0.15, 0.2) is 23.1 Å². The van der Waals surface area contributed by atoms with Crippen molar-refractivity contribution >= 4 is 11.5 Å². The molecule has 0 spiro atoms. The lowest BCUT2D eigenvalue weighted by Crippen LogP contribution is -2.38. The third-order valence-corrected chi connectivity index (χ3v) is 8.70. The number of Topliss-reactive ketones (excluding diaryl/α,β-unsaturated/α-hetero) is 1. The van der Waals surface area contributed by atoms with Gasteiger partial charge in [0, 0.05) is 35.6 Å². The molecule has 0 saturated carbocycles. The van der Waals surface area contributed by atoms with Crippen LogP contribution in [-0.4, -0.2) is 50.8 Å². The Balaban J connectivity index is 2.13. The fourth-order valence-corrected chi connectivity index (χ4v) is 6.34. The fraction of sp³-hybridized carbons (Fsp3) is 0.605. The summed E-state index contributed by atoms with van der Waals surface area (Å²) in [5, 5.41) is 0. The largest absolute Gasteiger partial charge is 0.496 e. The van der Waals surface area contributed by atoms with Crippen LogP contribution in [0.1, 0.15) is 133 Å². The molecule has 1 heterocycles. The second-order valence-electron chi connectivity index (χ2n) is 13.3. The molecule has 0 aromatic heterocycles. The highest BCUT2D eigenvalue weighted by atomic mass is 19.1. The number of carbonyl (C=O) groups is 1. The molecule has 1 unspecified atom stereocenters. The van der Waals surface area contributed by atoms with Gasteiger partial charge in [-0.2, -0.15) is 0 Å². The molecule has 2 aromatic rings. The zero-order valence-electron chi connectivity index (χ0n) is 29.6. The van der Waals surface area contributed by atoms with Crippen molar-refractivity contribution in [2.45, 2.75) is 112 Å². The molecular formula is C38H56FNO5. The van der Waals surface area contributed by atoms with E-state index in [1.54, 1.807) is 7.11 Å². The molecule has 1 aliphatic rings. The number of fused-ring (bicyclic) bond motifs is 1. The quantitative estimate of drug-likeness (QED) is 0.137. The minimum absolute atomic E-state index is 0.0279. The zero-order chi connectivity index (χ0) is 33.5. The molecular weight excluding hydrogens is 569 g/mol. The van der Waals surface area contributed by atoms with Gasteiger partial charge in [0.25, 0.3) is 0 Å². The van der Waals surface area contributed by atoms with E-state index in [0.29, 0.717) is 48.8 Å². The molecule has 2 aromatic carbocycles. The number of carbonyl (C=O) groups excluding carboxylic acids is 1. The van der Waals surface area contributed by atoms with E-state index < -0.39 is 11.4 Å². The molecule has 0 aliphatic carbocycles. The maximum absolute atomic E-state index is 16.3. The summed E-state index contributed by atoms with van der Waals surface area (Å²) in [4.78, 5) is 16.4. The maximum atomic E-state index is 16.3. The number of ether oxygens (including phenoxy) is 4. The van der Waals surface area contributed by atoms with Crippen LogP contribution < -0.4 is 14.2 Å². The minimum Gasteiger partial charge on any atom is -0.496 e. The predicted octanol–water partition coefficient (Wildman–Crippen LogP) is 9.42. The molecule has 250 valence electrons. The summed E-state index contributed by atoms with van der Waals surface area (Å²) in [5.74, 6) is 1.05. The minimum atomic E-state index is -0.672. The van der Waals surface area contributed by atoms with Crippen LogP contribution in [0.2, 0.25) is 0 Å². The van der Waals surface area contributed by atoms with Crippen molar-refractivity contribution < 1.29 is 28.1 Å². The third-order valence-electron chi connectivity index (χ3n) is 8.70. The van der Waals surface area contributed by atoms with Crippen LogP contribution in [0.25, 0.3) is 5.70 Å². The smallest absolute Gasteiger partial charge is 0.197 e. The Labute approximate surface area is 271 Å². The molecule has 0 bridgehead atoms. The Bertz CT molecular complexity index is 1360. The molecule has 0 amide bonds. The van der Waals surface area contributed by atoms with Crippen molar-refractivity contribution in [3.63, 3.8) is 0 Å². The maximum Gasteiger partial charge on any atom is 0.197 e. The van der Waals surface area contributed by atoms with Gasteiger partial charge in [-0.1, -0.05) is 47.6 Å². The van der Waals surface area contributed by atoms with E-state index in [1.807, 2.05) is 63.8 Å². The van der Waals surface area contributed by atoms with E-state index in [-0.39, 0.29) is 29.4 Å². The van der Waals surface area contributed by atoms with E-state index in [1.165, 1.54) is 0 Å². The zero-order valence-corrected chi connectivity index (χ0v) is 29.6. The highest BCUT2D eigenvalue weighted by molar-refractivity contribution is 5.99. The first-order valence-corrected chi connectivity index (χ1v) is 16.8. The number of allylic oxidation sites excluding steroid dienone is 1. The summed E-state index contributed by atoms with van der Waals surface area (Å²) in [6, 6.07) is 5.90. The molecule has 0 saturated heterocycles. The van der Waals surface area contributed by atoms with Gasteiger partial charge in [-0.25, -0.2) is 4.39 Å². The van der Waals surface area contributed by atoms with Gasteiger partial charge < -0.3 is 23.8 Å². The topological polar surface area (TPSA) is 57.2 Å². The van der Waals surface area contributed by atoms with Crippen molar-refractivity contribution in [2.24, 2.45) is 0 Å². The van der Waals surface area contributed by atoms with Crippen molar-refractivity contribution in [3.05, 3.63) is 57.9 Å². The SMILES string of the molecule is CCC=C1c2c(cc(OCC)c(OCC)c2F)C(C)(C)N1CC(=O)c1cc(C(CC)CCOCCC)c(OC)c(C(C)(C)C)c1. The number of hydrogen-bond acceptors (Lipinski definition) is 6. The van der Waals surface area contributed by atoms with Gasteiger partial charge >= 0.3 is 0 Å². The predicted molar refractivity (Wildman–Crippen MR) is 182 cm³/mol. The third kappa shape index (κ3) is 7.67. The second kappa shape index (κ2) is 15.5. The van der Waals surface area contributed by atoms with Crippen LogP contribution in [-0.2, 0) is 15.7 Å². The number of hydrogen-bond donors (Lipinski definition) is 0. The molecule has 3 rings (SSSR count). The monoisotopic (exact) mass is 625 g/mol. The van der Waals surface area contributed by atoms with Crippen LogP contribution in [0.3, 0.4) is 0 Å². The summed E-state index contributed by atoms with van der Waals surface area (Å²) in [6.07, 6.45) is 5.41. The number of methoxy groups -OCH3 is 1. The summed E-state index contributed by atoms with van der Waals surface area (Å²) >= 11 is 0. The van der Waals surface area contributed by atoms with Crippen molar-refractivity contribution in [1.29, 1.82) is 0 Å². The summed E-state index contributed by atoms with van der Waals surface area (Å²) in [5.41, 5.74) is 3.72. The van der Waals surface area contributed by atoms with Crippen LogP contribution >= 0.6 is 0 Å². The molecule has 0 N–H and O–H groups in total. The van der Waals surface area contributed by atoms with Gasteiger partial charge in [0.05, 0.1) is 32.4 Å². The van der Waals surface area contributed by atoms with Gasteiger partial charge in [0.1, 0.15) is 5.75 Å². The first-order valence-electron chi connectivity index (χ1n) is 16.8. The highest BCUT2D eigenvalue weighted by Crippen LogP contribution is 2.51. The average Bonchev–Trinajstić information content (AvgIpc) is 3.19. The lowest BCUT2D eigenvalue weighted by molar-refractivity contribution is 0.0911. The Hall–Kier alpha value is -3.06. The highest BCUT2D eigenvalue weighted by Gasteiger charge is 2.44. The normalized spacial score (nSPS) is 15.7. The van der Waals surface area contributed by atoms with Crippen molar-refractivity contribution in [3.8, 4) is 17.2 Å².